The fourth-order valence-electron chi connectivity index (χ4n) is 1.87. The summed E-state index contributed by atoms with van der Waals surface area (Å²) >= 11 is 11.8. The second-order valence-corrected chi connectivity index (χ2v) is 6.93. The van der Waals surface area contributed by atoms with Crippen molar-refractivity contribution >= 4 is 35.0 Å². The number of carbonyl (C=O) groups excluding carboxylic acids is 2. The Morgan fingerprint density at radius 2 is 1.67 bits per heavy atom. The molecule has 2 amide bonds. The topological polar surface area (TPSA) is 67.4 Å². The molecule has 1 rings (SSSR count). The monoisotopic (exact) mass is 374 g/mol. The van der Waals surface area contributed by atoms with Gasteiger partial charge in [-0.1, -0.05) is 11.6 Å². The molecule has 0 saturated heterocycles. The maximum atomic E-state index is 11.8. The molecular weight excluding hydrogens is 351 g/mol. The number of amides is 2. The Morgan fingerprint density at radius 3 is 2.21 bits per heavy atom. The van der Waals surface area contributed by atoms with Crippen molar-refractivity contribution in [3.63, 3.8) is 0 Å². The molecule has 0 aliphatic heterocycles. The highest BCUT2D eigenvalue weighted by Gasteiger charge is 2.25. The third kappa shape index (κ3) is 6.21. The second-order valence-electron chi connectivity index (χ2n) is 6.28. The summed E-state index contributed by atoms with van der Waals surface area (Å²) < 4.78 is 5.46. The smallest absolute Gasteiger partial charge is 0.258 e. The van der Waals surface area contributed by atoms with E-state index in [1.807, 2.05) is 13.8 Å². The van der Waals surface area contributed by atoms with Crippen molar-refractivity contribution in [2.45, 2.75) is 27.7 Å². The van der Waals surface area contributed by atoms with Crippen LogP contribution in [0.15, 0.2) is 12.1 Å². The van der Waals surface area contributed by atoms with Gasteiger partial charge in [-0.15, -0.1) is 11.6 Å². The maximum Gasteiger partial charge on any atom is 0.258 e. The van der Waals surface area contributed by atoms with Gasteiger partial charge in [0.2, 0.25) is 5.91 Å². The first-order valence-electron chi connectivity index (χ1n) is 7.68. The zero-order valence-corrected chi connectivity index (χ0v) is 16.0. The number of carbonyl (C=O) groups is 2. The van der Waals surface area contributed by atoms with Crippen LogP contribution in [-0.2, 0) is 9.59 Å². The normalized spacial score (nSPS) is 11.1. The number of rotatable bonds is 8. The first kappa shape index (κ1) is 20.6. The standard InChI is InChI=1S/C17H24Cl2N2O3/c1-11-7-13(8-12(2)15(11)19)24-9-14(22)20-5-6-21-16(23)17(3,4)10-18/h7-8H,5-6,9-10H2,1-4H3,(H,20,22)(H,21,23). The van der Waals surface area contributed by atoms with E-state index in [2.05, 4.69) is 10.6 Å². The van der Waals surface area contributed by atoms with Gasteiger partial charge in [0.15, 0.2) is 6.61 Å². The SMILES string of the molecule is Cc1cc(OCC(=O)NCCNC(=O)C(C)(C)CCl)cc(C)c1Cl. The van der Waals surface area contributed by atoms with Crippen LogP contribution in [0.25, 0.3) is 0 Å². The number of halogens is 2. The molecule has 0 unspecified atom stereocenters. The van der Waals surface area contributed by atoms with Crippen molar-refractivity contribution in [3.05, 3.63) is 28.3 Å². The van der Waals surface area contributed by atoms with Gasteiger partial charge in [0.05, 0.1) is 5.41 Å². The van der Waals surface area contributed by atoms with Crippen molar-refractivity contribution in [1.82, 2.24) is 10.6 Å². The van der Waals surface area contributed by atoms with Crippen LogP contribution in [0.1, 0.15) is 25.0 Å². The van der Waals surface area contributed by atoms with E-state index >= 15 is 0 Å². The van der Waals surface area contributed by atoms with Crippen LogP contribution >= 0.6 is 23.2 Å². The number of hydrogen-bond donors (Lipinski definition) is 2. The van der Waals surface area contributed by atoms with E-state index in [-0.39, 0.29) is 24.3 Å². The Kier molecular flexibility index (Phi) is 7.84. The third-order valence-electron chi connectivity index (χ3n) is 3.46. The van der Waals surface area contributed by atoms with Crippen molar-refractivity contribution in [1.29, 1.82) is 0 Å². The van der Waals surface area contributed by atoms with Gasteiger partial charge in [-0.25, -0.2) is 0 Å². The lowest BCUT2D eigenvalue weighted by Gasteiger charge is -2.20. The number of alkyl halides is 1. The zero-order chi connectivity index (χ0) is 18.3. The first-order chi connectivity index (χ1) is 11.2. The molecule has 0 spiro atoms. The van der Waals surface area contributed by atoms with Gasteiger partial charge in [0, 0.05) is 24.0 Å². The summed E-state index contributed by atoms with van der Waals surface area (Å²) in [6.45, 7) is 7.85. The number of aryl methyl sites for hydroxylation is 2. The molecule has 0 aromatic heterocycles. The second kappa shape index (κ2) is 9.14. The lowest BCUT2D eigenvalue weighted by atomic mass is 9.95. The molecule has 0 atom stereocenters. The lowest BCUT2D eigenvalue weighted by molar-refractivity contribution is -0.128. The van der Waals surface area contributed by atoms with Crippen LogP contribution in [-0.4, -0.2) is 37.4 Å². The average Bonchev–Trinajstić information content (AvgIpc) is 2.54. The van der Waals surface area contributed by atoms with Crippen LogP contribution in [0.2, 0.25) is 5.02 Å². The summed E-state index contributed by atoms with van der Waals surface area (Å²) in [6, 6.07) is 3.58. The van der Waals surface area contributed by atoms with Crippen molar-refractivity contribution < 1.29 is 14.3 Å². The van der Waals surface area contributed by atoms with E-state index in [1.54, 1.807) is 26.0 Å². The van der Waals surface area contributed by atoms with Gasteiger partial charge >= 0.3 is 0 Å². The summed E-state index contributed by atoms with van der Waals surface area (Å²) in [6.07, 6.45) is 0. The summed E-state index contributed by atoms with van der Waals surface area (Å²) in [7, 11) is 0. The van der Waals surface area contributed by atoms with Gasteiger partial charge in [-0.05, 0) is 51.0 Å². The van der Waals surface area contributed by atoms with Crippen LogP contribution < -0.4 is 15.4 Å². The molecule has 0 aliphatic rings. The third-order valence-corrected chi connectivity index (χ3v) is 4.73. The highest BCUT2D eigenvalue weighted by molar-refractivity contribution is 6.32. The molecule has 0 aliphatic carbocycles. The summed E-state index contributed by atoms with van der Waals surface area (Å²) in [5, 5.41) is 6.11. The summed E-state index contributed by atoms with van der Waals surface area (Å²) in [4.78, 5) is 23.6. The Bertz CT molecular complexity index is 580. The van der Waals surface area contributed by atoms with E-state index in [0.29, 0.717) is 23.9 Å². The molecule has 1 aromatic carbocycles. The van der Waals surface area contributed by atoms with Gasteiger partial charge < -0.3 is 15.4 Å². The molecule has 0 fully saturated rings. The van der Waals surface area contributed by atoms with Crippen LogP contribution in [0.3, 0.4) is 0 Å². The molecule has 7 heteroatoms. The molecule has 0 heterocycles. The van der Waals surface area contributed by atoms with Crippen molar-refractivity contribution in [2.75, 3.05) is 25.6 Å². The number of benzene rings is 1. The van der Waals surface area contributed by atoms with E-state index in [1.165, 1.54) is 0 Å². The quantitative estimate of drug-likeness (QED) is 0.542. The molecule has 5 nitrogen and oxygen atoms in total. The van der Waals surface area contributed by atoms with Crippen molar-refractivity contribution in [2.24, 2.45) is 5.41 Å². The van der Waals surface area contributed by atoms with Gasteiger partial charge in [-0.2, -0.15) is 0 Å². The number of hydrogen-bond acceptors (Lipinski definition) is 3. The van der Waals surface area contributed by atoms with E-state index in [9.17, 15) is 9.59 Å². The summed E-state index contributed by atoms with van der Waals surface area (Å²) in [5.74, 6) is 0.432. The first-order valence-corrected chi connectivity index (χ1v) is 8.59. The van der Waals surface area contributed by atoms with Crippen LogP contribution in [0.5, 0.6) is 5.75 Å². The zero-order valence-electron chi connectivity index (χ0n) is 14.5. The summed E-state index contributed by atoms with van der Waals surface area (Å²) in [5.41, 5.74) is 1.17. The molecule has 2 N–H and O–H groups in total. The lowest BCUT2D eigenvalue weighted by Crippen LogP contribution is -2.42. The fourth-order valence-corrected chi connectivity index (χ4v) is 2.10. The van der Waals surface area contributed by atoms with E-state index in [0.717, 1.165) is 11.1 Å². The molecule has 134 valence electrons. The Labute approximate surface area is 153 Å². The minimum absolute atomic E-state index is 0.0956. The molecule has 0 radical (unpaired) electrons. The Hall–Kier alpha value is -1.46. The van der Waals surface area contributed by atoms with E-state index in [4.69, 9.17) is 27.9 Å². The molecule has 0 bridgehead atoms. The van der Waals surface area contributed by atoms with Crippen LogP contribution in [0, 0.1) is 19.3 Å². The van der Waals surface area contributed by atoms with Gasteiger partial charge in [-0.3, -0.25) is 9.59 Å². The Balaban J connectivity index is 2.32. The molecule has 24 heavy (non-hydrogen) atoms. The predicted molar refractivity (Wildman–Crippen MR) is 96.9 cm³/mol. The van der Waals surface area contributed by atoms with Crippen molar-refractivity contribution in [3.8, 4) is 5.75 Å². The minimum atomic E-state index is -0.626. The highest BCUT2D eigenvalue weighted by atomic mass is 35.5. The predicted octanol–water partition coefficient (Wildman–Crippen LogP) is 2.83. The number of nitrogens with one attached hydrogen (secondary N) is 2. The van der Waals surface area contributed by atoms with Gasteiger partial charge in [0.1, 0.15) is 5.75 Å². The maximum absolute atomic E-state index is 11.8. The Morgan fingerprint density at radius 1 is 1.12 bits per heavy atom. The van der Waals surface area contributed by atoms with Crippen LogP contribution in [0.4, 0.5) is 0 Å². The average molecular weight is 375 g/mol. The molecule has 1 aromatic rings. The van der Waals surface area contributed by atoms with Gasteiger partial charge in [0.25, 0.3) is 5.91 Å². The molecule has 0 saturated carbocycles. The minimum Gasteiger partial charge on any atom is -0.484 e. The molecular formula is C17H24Cl2N2O3. The number of ether oxygens (including phenoxy) is 1. The largest absolute Gasteiger partial charge is 0.484 e. The van der Waals surface area contributed by atoms with E-state index < -0.39 is 5.41 Å². The fraction of sp³-hybridized carbons (Fsp3) is 0.529. The highest BCUT2D eigenvalue weighted by Crippen LogP contribution is 2.25.